The van der Waals surface area contributed by atoms with Gasteiger partial charge in [0.1, 0.15) is 5.75 Å². The van der Waals surface area contributed by atoms with Crippen LogP contribution in [0.5, 0.6) is 5.75 Å². The van der Waals surface area contributed by atoms with Crippen LogP contribution in [-0.2, 0) is 0 Å². The van der Waals surface area contributed by atoms with Crippen molar-refractivity contribution in [2.75, 3.05) is 7.11 Å². The molecule has 0 aliphatic rings. The van der Waals surface area contributed by atoms with Crippen LogP contribution in [0.1, 0.15) is 17.0 Å². The molecule has 23 heavy (non-hydrogen) atoms. The number of benzene rings is 2. The zero-order valence-electron chi connectivity index (χ0n) is 12.7. The summed E-state index contributed by atoms with van der Waals surface area (Å²) in [5.41, 5.74) is 1.95. The molecule has 1 heterocycles. The summed E-state index contributed by atoms with van der Waals surface area (Å²) in [6.07, 6.45) is 3.37. The Hall–Kier alpha value is -2.59. The lowest BCUT2D eigenvalue weighted by molar-refractivity contribution is 0.414. The molecule has 116 valence electrons. The Morgan fingerprint density at radius 1 is 1.17 bits per heavy atom. The maximum atomic E-state index is 12.1. The number of aryl methyl sites for hydroxylation is 1. The van der Waals surface area contributed by atoms with Gasteiger partial charge in [-0.05, 0) is 43.3 Å². The van der Waals surface area contributed by atoms with E-state index in [9.17, 15) is 4.79 Å². The highest BCUT2D eigenvalue weighted by molar-refractivity contribution is 6.30. The second-order valence-corrected chi connectivity index (χ2v) is 5.52. The molecule has 0 aliphatic carbocycles. The highest BCUT2D eigenvalue weighted by Crippen LogP contribution is 2.24. The van der Waals surface area contributed by atoms with Crippen LogP contribution in [0.25, 0.3) is 23.1 Å². The van der Waals surface area contributed by atoms with Crippen LogP contribution in [0, 0.1) is 6.92 Å². The Morgan fingerprint density at radius 3 is 2.78 bits per heavy atom. The van der Waals surface area contributed by atoms with Gasteiger partial charge in [-0.15, -0.1) is 0 Å². The first-order valence-corrected chi connectivity index (χ1v) is 7.38. The lowest BCUT2D eigenvalue weighted by Crippen LogP contribution is -2.03. The number of nitrogens with zero attached hydrogens (tertiary/aromatic N) is 1. The van der Waals surface area contributed by atoms with Gasteiger partial charge in [-0.2, -0.15) is 0 Å². The maximum absolute atomic E-state index is 12.1. The molecular weight excluding hydrogens is 314 g/mol. The Labute approximate surface area is 138 Å². The third-order valence-electron chi connectivity index (χ3n) is 3.40. The fourth-order valence-electron chi connectivity index (χ4n) is 2.27. The van der Waals surface area contributed by atoms with Crippen molar-refractivity contribution < 1.29 is 9.15 Å². The second-order valence-electron chi connectivity index (χ2n) is 5.08. The first-order chi connectivity index (χ1) is 11.1. The average Bonchev–Trinajstić information content (AvgIpc) is 2.54. The van der Waals surface area contributed by atoms with Gasteiger partial charge in [0.25, 0.3) is 0 Å². The van der Waals surface area contributed by atoms with Crippen LogP contribution in [0.2, 0.25) is 5.02 Å². The van der Waals surface area contributed by atoms with E-state index in [0.717, 1.165) is 11.1 Å². The lowest BCUT2D eigenvalue weighted by Gasteiger charge is -2.04. The van der Waals surface area contributed by atoms with E-state index in [-0.39, 0.29) is 5.89 Å². The molecule has 1 aromatic heterocycles. The molecular formula is C18H14ClNO3. The van der Waals surface area contributed by atoms with Crippen molar-refractivity contribution in [3.8, 4) is 5.75 Å². The SMILES string of the molecule is COc1ccc(Cl)cc1/C=C/c1nc2ccc(C)cc2c(=O)o1. The first-order valence-electron chi connectivity index (χ1n) is 7.00. The van der Waals surface area contributed by atoms with E-state index in [1.165, 1.54) is 0 Å². The lowest BCUT2D eigenvalue weighted by atomic mass is 10.1. The summed E-state index contributed by atoms with van der Waals surface area (Å²) in [7, 11) is 1.58. The number of hydrogen-bond acceptors (Lipinski definition) is 4. The van der Waals surface area contributed by atoms with E-state index < -0.39 is 5.63 Å². The number of fused-ring (bicyclic) bond motifs is 1. The van der Waals surface area contributed by atoms with Crippen molar-refractivity contribution in [1.82, 2.24) is 4.98 Å². The van der Waals surface area contributed by atoms with Crippen LogP contribution in [-0.4, -0.2) is 12.1 Å². The first kappa shape index (κ1) is 15.3. The summed E-state index contributed by atoms with van der Waals surface area (Å²) in [5.74, 6) is 0.901. The molecule has 3 rings (SSSR count). The van der Waals surface area contributed by atoms with E-state index in [2.05, 4.69) is 4.98 Å². The van der Waals surface area contributed by atoms with Crippen LogP contribution >= 0.6 is 11.6 Å². The Morgan fingerprint density at radius 2 is 2.00 bits per heavy atom. The normalized spacial score (nSPS) is 11.3. The van der Waals surface area contributed by atoms with Gasteiger partial charge in [0.2, 0.25) is 5.89 Å². The van der Waals surface area contributed by atoms with Gasteiger partial charge >= 0.3 is 5.63 Å². The fourth-order valence-corrected chi connectivity index (χ4v) is 2.45. The van der Waals surface area contributed by atoms with Crippen LogP contribution < -0.4 is 10.4 Å². The van der Waals surface area contributed by atoms with E-state index in [1.807, 2.05) is 13.0 Å². The minimum Gasteiger partial charge on any atom is -0.496 e. The Kier molecular flexibility index (Phi) is 4.17. The predicted molar refractivity (Wildman–Crippen MR) is 91.9 cm³/mol. The van der Waals surface area contributed by atoms with Crippen molar-refractivity contribution in [2.24, 2.45) is 0 Å². The molecule has 0 saturated carbocycles. The zero-order chi connectivity index (χ0) is 16.4. The second kappa shape index (κ2) is 6.26. The molecule has 0 radical (unpaired) electrons. The standard InChI is InChI=1S/C18H14ClNO3/c1-11-3-6-15-14(9-11)18(21)23-17(20-15)8-4-12-10-13(19)5-7-16(12)22-2/h3-10H,1-2H3/b8-4+. The number of ether oxygens (including phenoxy) is 1. The number of halogens is 1. The highest BCUT2D eigenvalue weighted by Gasteiger charge is 2.05. The molecule has 0 aliphatic heterocycles. The summed E-state index contributed by atoms with van der Waals surface area (Å²) in [5, 5.41) is 1.07. The summed E-state index contributed by atoms with van der Waals surface area (Å²) < 4.78 is 10.5. The summed E-state index contributed by atoms with van der Waals surface area (Å²) in [6.45, 7) is 1.91. The third-order valence-corrected chi connectivity index (χ3v) is 3.63. The van der Waals surface area contributed by atoms with Gasteiger partial charge in [0.05, 0.1) is 18.0 Å². The summed E-state index contributed by atoms with van der Waals surface area (Å²) >= 11 is 6.00. The molecule has 2 aromatic carbocycles. The molecule has 0 atom stereocenters. The van der Waals surface area contributed by atoms with Crippen molar-refractivity contribution in [3.05, 3.63) is 68.9 Å². The molecule has 0 spiro atoms. The molecule has 0 saturated heterocycles. The molecule has 4 nitrogen and oxygen atoms in total. The van der Waals surface area contributed by atoms with Crippen LogP contribution in [0.3, 0.4) is 0 Å². The van der Waals surface area contributed by atoms with Crippen molar-refractivity contribution in [2.45, 2.75) is 6.92 Å². The molecule has 0 N–H and O–H groups in total. The van der Waals surface area contributed by atoms with E-state index in [1.54, 1.807) is 49.6 Å². The topological polar surface area (TPSA) is 52.3 Å². The molecule has 0 bridgehead atoms. The number of hydrogen-bond donors (Lipinski definition) is 0. The van der Waals surface area contributed by atoms with E-state index in [4.69, 9.17) is 20.8 Å². The number of aromatic nitrogens is 1. The molecule has 5 heteroatoms. The summed E-state index contributed by atoms with van der Waals surface area (Å²) in [6, 6.07) is 10.8. The molecule has 0 unspecified atom stereocenters. The van der Waals surface area contributed by atoms with E-state index >= 15 is 0 Å². The minimum atomic E-state index is -0.406. The van der Waals surface area contributed by atoms with Gasteiger partial charge in [0.15, 0.2) is 0 Å². The smallest absolute Gasteiger partial charge is 0.347 e. The predicted octanol–water partition coefficient (Wildman–Crippen LogP) is 4.33. The number of rotatable bonds is 3. The van der Waals surface area contributed by atoms with Gasteiger partial charge in [-0.3, -0.25) is 0 Å². The fraction of sp³-hybridized carbons (Fsp3) is 0.111. The largest absolute Gasteiger partial charge is 0.496 e. The van der Waals surface area contributed by atoms with Gasteiger partial charge in [-0.1, -0.05) is 23.2 Å². The van der Waals surface area contributed by atoms with Gasteiger partial charge < -0.3 is 9.15 Å². The molecule has 0 amide bonds. The Bertz CT molecular complexity index is 960. The monoisotopic (exact) mass is 327 g/mol. The van der Waals surface area contributed by atoms with Crippen LogP contribution in [0.4, 0.5) is 0 Å². The van der Waals surface area contributed by atoms with Gasteiger partial charge in [0, 0.05) is 16.7 Å². The van der Waals surface area contributed by atoms with E-state index in [0.29, 0.717) is 21.7 Å². The van der Waals surface area contributed by atoms with Crippen molar-refractivity contribution >= 4 is 34.7 Å². The quantitative estimate of drug-likeness (QED) is 0.718. The molecule has 0 fully saturated rings. The minimum absolute atomic E-state index is 0.230. The van der Waals surface area contributed by atoms with Crippen LogP contribution in [0.15, 0.2) is 45.6 Å². The molecule has 3 aromatic rings. The Balaban J connectivity index is 2.03. The average molecular weight is 328 g/mol. The van der Waals surface area contributed by atoms with Gasteiger partial charge in [-0.25, -0.2) is 9.78 Å². The zero-order valence-corrected chi connectivity index (χ0v) is 13.4. The van der Waals surface area contributed by atoms with Crippen molar-refractivity contribution in [1.29, 1.82) is 0 Å². The highest BCUT2D eigenvalue weighted by atomic mass is 35.5. The third kappa shape index (κ3) is 3.27. The maximum Gasteiger partial charge on any atom is 0.347 e. The summed E-state index contributed by atoms with van der Waals surface area (Å²) in [4.78, 5) is 16.4. The van der Waals surface area contributed by atoms with Crippen molar-refractivity contribution in [3.63, 3.8) is 0 Å². The number of methoxy groups -OCH3 is 1.